The van der Waals surface area contributed by atoms with Crippen molar-refractivity contribution >= 4 is 35.0 Å². The van der Waals surface area contributed by atoms with Crippen molar-refractivity contribution in [2.75, 3.05) is 11.1 Å². The molecular weight excluding hydrogens is 328 g/mol. The number of amides is 1. The molecule has 5 N–H and O–H groups in total. The first kappa shape index (κ1) is 17.7. The highest BCUT2D eigenvalue weighted by Gasteiger charge is 2.19. The van der Waals surface area contributed by atoms with Gasteiger partial charge in [0.05, 0.1) is 5.25 Å². The highest BCUT2D eigenvalue weighted by Crippen LogP contribution is 2.28. The maximum atomic E-state index is 12.4. The molecule has 0 spiro atoms. The summed E-state index contributed by atoms with van der Waals surface area (Å²) < 4.78 is 0. The minimum atomic E-state index is -1.26. The van der Waals surface area contributed by atoms with Crippen molar-refractivity contribution in [3.63, 3.8) is 0 Å². The van der Waals surface area contributed by atoms with Crippen molar-refractivity contribution in [1.29, 1.82) is 0 Å². The van der Waals surface area contributed by atoms with Gasteiger partial charge in [0.1, 0.15) is 11.3 Å². The number of anilines is 2. The van der Waals surface area contributed by atoms with Crippen molar-refractivity contribution < 1.29 is 19.8 Å². The van der Waals surface area contributed by atoms with Crippen LogP contribution in [0.5, 0.6) is 5.75 Å². The summed E-state index contributed by atoms with van der Waals surface area (Å²) in [5, 5.41) is 20.9. The van der Waals surface area contributed by atoms with E-state index in [9.17, 15) is 14.7 Å². The number of nitrogens with two attached hydrogens (primary N) is 1. The smallest absolute Gasteiger partial charge is 0.339 e. The molecule has 0 radical (unpaired) electrons. The highest BCUT2D eigenvalue weighted by molar-refractivity contribution is 8.00. The number of nitrogens with one attached hydrogen (secondary N) is 1. The van der Waals surface area contributed by atoms with Crippen LogP contribution in [-0.4, -0.2) is 27.3 Å². The van der Waals surface area contributed by atoms with Gasteiger partial charge in [-0.2, -0.15) is 0 Å². The number of carboxylic acid groups (broad SMARTS) is 1. The molecule has 6 nitrogen and oxygen atoms in total. The molecule has 7 heteroatoms. The summed E-state index contributed by atoms with van der Waals surface area (Å²) >= 11 is 1.41. The zero-order valence-corrected chi connectivity index (χ0v) is 13.8. The molecule has 0 saturated heterocycles. The maximum Gasteiger partial charge on any atom is 0.339 e. The number of carbonyl (C=O) groups excluding carboxylic acids is 1. The Balaban J connectivity index is 2.10. The molecule has 24 heavy (non-hydrogen) atoms. The standard InChI is InChI=1S/C17H18N2O4S/c1-2-15(24-12-6-3-10(18)4-7-12)16(21)19-11-5-8-14(20)13(9-11)17(22)23/h3-9,15,20H,2,18H2,1H3,(H,19,21)(H,22,23). The minimum absolute atomic E-state index is 0.235. The van der Waals surface area contributed by atoms with E-state index in [1.54, 1.807) is 12.1 Å². The maximum absolute atomic E-state index is 12.4. The summed E-state index contributed by atoms with van der Waals surface area (Å²) in [6.07, 6.45) is 0.602. The molecule has 0 heterocycles. The van der Waals surface area contributed by atoms with Crippen molar-refractivity contribution in [3.8, 4) is 5.75 Å². The lowest BCUT2D eigenvalue weighted by atomic mass is 10.1. The Morgan fingerprint density at radius 3 is 2.46 bits per heavy atom. The van der Waals surface area contributed by atoms with Gasteiger partial charge in [0, 0.05) is 16.3 Å². The van der Waals surface area contributed by atoms with Crippen LogP contribution in [-0.2, 0) is 4.79 Å². The van der Waals surface area contributed by atoms with Gasteiger partial charge in [-0.15, -0.1) is 11.8 Å². The third-order valence-corrected chi connectivity index (χ3v) is 4.69. The van der Waals surface area contributed by atoms with Crippen LogP contribution in [0.15, 0.2) is 47.4 Å². The van der Waals surface area contributed by atoms with Crippen LogP contribution in [0.4, 0.5) is 11.4 Å². The zero-order chi connectivity index (χ0) is 17.7. The number of hydrogen-bond donors (Lipinski definition) is 4. The van der Waals surface area contributed by atoms with Gasteiger partial charge in [0.25, 0.3) is 0 Å². The predicted molar refractivity (Wildman–Crippen MR) is 94.5 cm³/mol. The molecule has 0 aliphatic carbocycles. The lowest BCUT2D eigenvalue weighted by Crippen LogP contribution is -2.24. The number of nitrogen functional groups attached to an aromatic ring is 1. The Morgan fingerprint density at radius 2 is 1.88 bits per heavy atom. The van der Waals surface area contributed by atoms with Crippen LogP contribution < -0.4 is 11.1 Å². The van der Waals surface area contributed by atoms with E-state index >= 15 is 0 Å². The Morgan fingerprint density at radius 1 is 1.21 bits per heavy atom. The van der Waals surface area contributed by atoms with Gasteiger partial charge in [-0.3, -0.25) is 4.79 Å². The number of carbonyl (C=O) groups is 2. The molecule has 0 bridgehead atoms. The van der Waals surface area contributed by atoms with Crippen LogP contribution in [0.2, 0.25) is 0 Å². The van der Waals surface area contributed by atoms with Crippen molar-refractivity contribution in [2.45, 2.75) is 23.5 Å². The number of phenols is 1. The summed E-state index contributed by atoms with van der Waals surface area (Å²) in [6, 6.07) is 11.2. The quantitative estimate of drug-likeness (QED) is 0.363. The number of aromatic carboxylic acids is 1. The fourth-order valence-electron chi connectivity index (χ4n) is 2.04. The summed E-state index contributed by atoms with van der Waals surface area (Å²) in [6.45, 7) is 1.90. The van der Waals surface area contributed by atoms with Gasteiger partial charge >= 0.3 is 5.97 Å². The average Bonchev–Trinajstić information content (AvgIpc) is 2.55. The molecule has 1 atom stereocenters. The van der Waals surface area contributed by atoms with E-state index in [0.29, 0.717) is 17.8 Å². The Kier molecular flexibility index (Phi) is 5.70. The van der Waals surface area contributed by atoms with Gasteiger partial charge in [-0.25, -0.2) is 4.79 Å². The zero-order valence-electron chi connectivity index (χ0n) is 13.0. The van der Waals surface area contributed by atoms with E-state index in [2.05, 4.69) is 5.32 Å². The SMILES string of the molecule is CCC(Sc1ccc(N)cc1)C(=O)Nc1ccc(O)c(C(=O)O)c1. The topological polar surface area (TPSA) is 113 Å². The largest absolute Gasteiger partial charge is 0.507 e. The lowest BCUT2D eigenvalue weighted by molar-refractivity contribution is -0.115. The molecular formula is C17H18N2O4S. The van der Waals surface area contributed by atoms with Crippen molar-refractivity contribution in [1.82, 2.24) is 0 Å². The molecule has 2 aromatic carbocycles. The monoisotopic (exact) mass is 346 g/mol. The van der Waals surface area contributed by atoms with Gasteiger partial charge in [-0.05, 0) is 48.9 Å². The van der Waals surface area contributed by atoms with Crippen molar-refractivity contribution in [3.05, 3.63) is 48.0 Å². The van der Waals surface area contributed by atoms with E-state index in [0.717, 1.165) is 4.90 Å². The van der Waals surface area contributed by atoms with Crippen LogP contribution in [0.1, 0.15) is 23.7 Å². The molecule has 1 amide bonds. The molecule has 126 valence electrons. The summed E-state index contributed by atoms with van der Waals surface area (Å²) in [4.78, 5) is 24.4. The first-order chi connectivity index (χ1) is 11.4. The third-order valence-electron chi connectivity index (χ3n) is 3.32. The first-order valence-electron chi connectivity index (χ1n) is 7.30. The fourth-order valence-corrected chi connectivity index (χ4v) is 3.00. The molecule has 0 aliphatic heterocycles. The van der Waals surface area contributed by atoms with E-state index in [4.69, 9.17) is 10.8 Å². The molecule has 0 fully saturated rings. The van der Waals surface area contributed by atoms with Crippen LogP contribution in [0, 0.1) is 0 Å². The molecule has 0 aromatic heterocycles. The molecule has 2 aromatic rings. The van der Waals surface area contributed by atoms with Crippen LogP contribution >= 0.6 is 11.8 Å². The van der Waals surface area contributed by atoms with Crippen LogP contribution in [0.25, 0.3) is 0 Å². The molecule has 0 aliphatic rings. The second-order valence-electron chi connectivity index (χ2n) is 5.11. The second kappa shape index (κ2) is 7.74. The predicted octanol–water partition coefficient (Wildman–Crippen LogP) is 3.18. The normalized spacial score (nSPS) is 11.7. The van der Waals surface area contributed by atoms with Gasteiger partial charge < -0.3 is 21.3 Å². The van der Waals surface area contributed by atoms with Crippen molar-refractivity contribution in [2.24, 2.45) is 0 Å². The Labute approximate surface area is 143 Å². The first-order valence-corrected chi connectivity index (χ1v) is 8.18. The fraction of sp³-hybridized carbons (Fsp3) is 0.176. The number of hydrogen-bond acceptors (Lipinski definition) is 5. The number of carboxylic acids is 1. The second-order valence-corrected chi connectivity index (χ2v) is 6.39. The van der Waals surface area contributed by atoms with Gasteiger partial charge in [0.2, 0.25) is 5.91 Å². The van der Waals surface area contributed by atoms with E-state index in [-0.39, 0.29) is 22.5 Å². The molecule has 1 unspecified atom stereocenters. The average molecular weight is 346 g/mol. The van der Waals surface area contributed by atoms with E-state index < -0.39 is 5.97 Å². The third kappa shape index (κ3) is 4.42. The number of rotatable bonds is 6. The van der Waals surface area contributed by atoms with E-state index in [1.165, 1.54) is 30.0 Å². The summed E-state index contributed by atoms with van der Waals surface area (Å²) in [7, 11) is 0. The number of benzene rings is 2. The highest BCUT2D eigenvalue weighted by atomic mass is 32.2. The minimum Gasteiger partial charge on any atom is -0.507 e. The number of thioether (sulfide) groups is 1. The Bertz CT molecular complexity index is 747. The summed E-state index contributed by atoms with van der Waals surface area (Å²) in [5.41, 5.74) is 6.37. The Hall–Kier alpha value is -2.67. The van der Waals surface area contributed by atoms with Gasteiger partial charge in [0.15, 0.2) is 0 Å². The van der Waals surface area contributed by atoms with E-state index in [1.807, 2.05) is 19.1 Å². The van der Waals surface area contributed by atoms with Crippen LogP contribution in [0.3, 0.4) is 0 Å². The summed E-state index contributed by atoms with van der Waals surface area (Å²) in [5.74, 6) is -1.84. The molecule has 2 rings (SSSR count). The lowest BCUT2D eigenvalue weighted by Gasteiger charge is -2.15. The number of aromatic hydroxyl groups is 1. The van der Waals surface area contributed by atoms with Gasteiger partial charge in [-0.1, -0.05) is 6.92 Å². The molecule has 0 saturated carbocycles.